The number of halogens is 1. The maximum Gasteiger partial charge on any atom is 0.240 e. The molecule has 0 spiro atoms. The molecule has 144 valence electrons. The maximum atomic E-state index is 12.5. The van der Waals surface area contributed by atoms with Crippen LogP contribution in [0.2, 0.25) is 0 Å². The summed E-state index contributed by atoms with van der Waals surface area (Å²) in [4.78, 5) is 14.4. The van der Waals surface area contributed by atoms with Gasteiger partial charge in [-0.15, -0.1) is 0 Å². The van der Waals surface area contributed by atoms with E-state index < -0.39 is 10.0 Å². The highest BCUT2D eigenvalue weighted by molar-refractivity contribution is 9.10. The second-order valence-electron chi connectivity index (χ2n) is 6.21. The van der Waals surface area contributed by atoms with Crippen LogP contribution in [0.1, 0.15) is 18.1 Å². The van der Waals surface area contributed by atoms with Crippen LogP contribution in [0.15, 0.2) is 64.0 Å². The summed E-state index contributed by atoms with van der Waals surface area (Å²) in [5.41, 5.74) is 1.01. The Morgan fingerprint density at radius 2 is 1.85 bits per heavy atom. The molecule has 8 heteroatoms. The Morgan fingerprint density at radius 3 is 2.56 bits per heavy atom. The monoisotopic (exact) mass is 452 g/mol. The Hall–Kier alpha value is -1.74. The van der Waals surface area contributed by atoms with Gasteiger partial charge in [0.05, 0.1) is 18.0 Å². The number of rotatable bonds is 6. The van der Waals surface area contributed by atoms with Crippen LogP contribution < -0.4 is 4.72 Å². The molecule has 0 aromatic heterocycles. The SMILES string of the molecule is O=C(CCNS(=O)(=O)c1ccccc1)N1CCOC(c2ccc(Br)cc2)C1. The van der Waals surface area contributed by atoms with Crippen molar-refractivity contribution in [3.05, 3.63) is 64.6 Å². The first kappa shape index (κ1) is 20.0. The van der Waals surface area contributed by atoms with Gasteiger partial charge in [0.25, 0.3) is 0 Å². The second kappa shape index (κ2) is 8.97. The summed E-state index contributed by atoms with van der Waals surface area (Å²) in [6.07, 6.45) is -0.0594. The molecule has 2 aromatic carbocycles. The Morgan fingerprint density at radius 1 is 1.15 bits per heavy atom. The molecule has 2 aromatic rings. The van der Waals surface area contributed by atoms with Gasteiger partial charge in [-0.25, -0.2) is 13.1 Å². The lowest BCUT2D eigenvalue weighted by atomic mass is 10.1. The summed E-state index contributed by atoms with van der Waals surface area (Å²) >= 11 is 3.40. The highest BCUT2D eigenvalue weighted by Crippen LogP contribution is 2.24. The molecule has 0 bridgehead atoms. The summed E-state index contributed by atoms with van der Waals surface area (Å²) in [7, 11) is -3.59. The van der Waals surface area contributed by atoms with Crippen molar-refractivity contribution in [2.45, 2.75) is 17.4 Å². The van der Waals surface area contributed by atoms with Gasteiger partial charge in [0.1, 0.15) is 6.10 Å². The van der Waals surface area contributed by atoms with E-state index in [0.717, 1.165) is 10.0 Å². The summed E-state index contributed by atoms with van der Waals surface area (Å²) in [6, 6.07) is 15.9. The Balaban J connectivity index is 1.52. The van der Waals surface area contributed by atoms with E-state index in [4.69, 9.17) is 4.74 Å². The average molecular weight is 453 g/mol. The van der Waals surface area contributed by atoms with Gasteiger partial charge in [0.2, 0.25) is 15.9 Å². The number of carbonyl (C=O) groups excluding carboxylic acids is 1. The first-order valence-corrected chi connectivity index (χ1v) is 10.9. The van der Waals surface area contributed by atoms with E-state index in [0.29, 0.717) is 19.7 Å². The molecule has 0 radical (unpaired) electrons. The third kappa shape index (κ3) is 5.38. The van der Waals surface area contributed by atoms with Gasteiger partial charge in [-0.2, -0.15) is 0 Å². The number of hydrogen-bond donors (Lipinski definition) is 1. The molecule has 0 aliphatic carbocycles. The number of amides is 1. The van der Waals surface area contributed by atoms with Crippen molar-refractivity contribution >= 4 is 31.9 Å². The van der Waals surface area contributed by atoms with Gasteiger partial charge in [-0.1, -0.05) is 46.3 Å². The predicted octanol–water partition coefficient (Wildman–Crippen LogP) is 2.72. The third-order valence-electron chi connectivity index (χ3n) is 4.35. The number of morpholine rings is 1. The van der Waals surface area contributed by atoms with E-state index in [1.807, 2.05) is 24.3 Å². The van der Waals surface area contributed by atoms with Crippen LogP contribution in [0.4, 0.5) is 0 Å². The summed E-state index contributed by atoms with van der Waals surface area (Å²) in [5.74, 6) is -0.0869. The fourth-order valence-corrected chi connectivity index (χ4v) is 4.21. The van der Waals surface area contributed by atoms with Crippen LogP contribution in [-0.4, -0.2) is 45.5 Å². The molecule has 1 amide bonds. The molecule has 1 aliphatic rings. The third-order valence-corrected chi connectivity index (χ3v) is 6.35. The van der Waals surface area contributed by atoms with Gasteiger partial charge in [-0.3, -0.25) is 4.79 Å². The molecule has 1 N–H and O–H groups in total. The number of nitrogens with one attached hydrogen (secondary N) is 1. The van der Waals surface area contributed by atoms with Crippen molar-refractivity contribution in [2.24, 2.45) is 0 Å². The highest BCUT2D eigenvalue weighted by Gasteiger charge is 2.25. The zero-order valence-electron chi connectivity index (χ0n) is 14.7. The van der Waals surface area contributed by atoms with Crippen molar-refractivity contribution in [1.82, 2.24) is 9.62 Å². The molecule has 1 unspecified atom stereocenters. The number of hydrogen-bond acceptors (Lipinski definition) is 4. The zero-order valence-corrected chi connectivity index (χ0v) is 17.1. The van der Waals surface area contributed by atoms with Crippen LogP contribution >= 0.6 is 15.9 Å². The standard InChI is InChI=1S/C19H21BrN2O4S/c20-16-8-6-15(7-9-16)18-14-22(12-13-26-18)19(23)10-11-21-27(24,25)17-4-2-1-3-5-17/h1-9,18,21H,10-14H2. The lowest BCUT2D eigenvalue weighted by molar-refractivity contribution is -0.138. The first-order valence-electron chi connectivity index (χ1n) is 8.65. The fourth-order valence-electron chi connectivity index (χ4n) is 2.89. The minimum absolute atomic E-state index is 0.0658. The first-order chi connectivity index (χ1) is 13.0. The van der Waals surface area contributed by atoms with E-state index >= 15 is 0 Å². The van der Waals surface area contributed by atoms with Crippen LogP contribution in [0.5, 0.6) is 0 Å². The maximum absolute atomic E-state index is 12.5. The lowest BCUT2D eigenvalue weighted by Crippen LogP contribution is -2.43. The zero-order chi connectivity index (χ0) is 19.3. The molecule has 6 nitrogen and oxygen atoms in total. The lowest BCUT2D eigenvalue weighted by Gasteiger charge is -2.33. The predicted molar refractivity (Wildman–Crippen MR) is 106 cm³/mol. The van der Waals surface area contributed by atoms with Crippen molar-refractivity contribution in [1.29, 1.82) is 0 Å². The van der Waals surface area contributed by atoms with Crippen LogP contribution in [0.3, 0.4) is 0 Å². The average Bonchev–Trinajstić information content (AvgIpc) is 2.69. The summed E-state index contributed by atoms with van der Waals surface area (Å²) in [5, 5.41) is 0. The van der Waals surface area contributed by atoms with E-state index in [2.05, 4.69) is 20.7 Å². The van der Waals surface area contributed by atoms with E-state index in [1.165, 1.54) is 12.1 Å². The molecule has 1 heterocycles. The summed E-state index contributed by atoms with van der Waals surface area (Å²) < 4.78 is 33.6. The molecule has 1 saturated heterocycles. The second-order valence-corrected chi connectivity index (χ2v) is 8.89. The Bertz CT molecular complexity index is 872. The van der Waals surface area contributed by atoms with Gasteiger partial charge in [0, 0.05) is 24.0 Å². The van der Waals surface area contributed by atoms with Crippen LogP contribution in [0, 0.1) is 0 Å². The molecule has 0 saturated carbocycles. The Kier molecular flexibility index (Phi) is 6.64. The molecule has 1 atom stereocenters. The van der Waals surface area contributed by atoms with Gasteiger partial charge in [0.15, 0.2) is 0 Å². The van der Waals surface area contributed by atoms with Crippen molar-refractivity contribution in [3.8, 4) is 0 Å². The number of nitrogens with zero attached hydrogens (tertiary/aromatic N) is 1. The molecular weight excluding hydrogens is 432 g/mol. The van der Waals surface area contributed by atoms with E-state index in [-0.39, 0.29) is 29.9 Å². The number of ether oxygens (including phenoxy) is 1. The number of sulfonamides is 1. The minimum Gasteiger partial charge on any atom is -0.370 e. The summed E-state index contributed by atoms with van der Waals surface area (Å²) in [6.45, 7) is 1.50. The fraction of sp³-hybridized carbons (Fsp3) is 0.316. The quantitative estimate of drug-likeness (QED) is 0.730. The molecule has 27 heavy (non-hydrogen) atoms. The smallest absolute Gasteiger partial charge is 0.240 e. The van der Waals surface area contributed by atoms with Crippen molar-refractivity contribution in [3.63, 3.8) is 0 Å². The van der Waals surface area contributed by atoms with Gasteiger partial charge < -0.3 is 9.64 Å². The van der Waals surface area contributed by atoms with E-state index in [9.17, 15) is 13.2 Å². The Labute approximate surface area is 167 Å². The topological polar surface area (TPSA) is 75.7 Å². The van der Waals surface area contributed by atoms with Gasteiger partial charge >= 0.3 is 0 Å². The van der Waals surface area contributed by atoms with Gasteiger partial charge in [-0.05, 0) is 29.8 Å². The van der Waals surface area contributed by atoms with Crippen LogP contribution in [0.25, 0.3) is 0 Å². The van der Waals surface area contributed by atoms with Crippen molar-refractivity contribution < 1.29 is 17.9 Å². The molecule has 1 fully saturated rings. The molecular formula is C19H21BrN2O4S. The molecule has 1 aliphatic heterocycles. The van der Waals surface area contributed by atoms with E-state index in [1.54, 1.807) is 23.1 Å². The number of benzene rings is 2. The minimum atomic E-state index is -3.59. The van der Waals surface area contributed by atoms with Crippen LogP contribution in [-0.2, 0) is 19.6 Å². The normalized spacial score (nSPS) is 17.7. The largest absolute Gasteiger partial charge is 0.370 e. The molecule has 3 rings (SSSR count). The number of carbonyl (C=O) groups is 1. The van der Waals surface area contributed by atoms with Crippen molar-refractivity contribution in [2.75, 3.05) is 26.2 Å². The highest BCUT2D eigenvalue weighted by atomic mass is 79.9.